The third kappa shape index (κ3) is 3.40. The van der Waals surface area contributed by atoms with Crippen LogP contribution < -0.4 is 0 Å². The molecule has 8 heteroatoms. The van der Waals surface area contributed by atoms with E-state index in [1.54, 1.807) is 32.2 Å². The zero-order valence-corrected chi connectivity index (χ0v) is 16.3. The number of hydrogen-bond acceptors (Lipinski definition) is 5. The Morgan fingerprint density at radius 3 is 2.09 bits per heavy atom. The molecule has 1 fully saturated rings. The third-order valence-electron chi connectivity index (χ3n) is 3.84. The van der Waals surface area contributed by atoms with Crippen molar-refractivity contribution in [2.24, 2.45) is 0 Å². The van der Waals surface area contributed by atoms with Crippen LogP contribution in [-0.2, 0) is 35.2 Å². The lowest BCUT2D eigenvalue weighted by molar-refractivity contribution is 0.216. The van der Waals surface area contributed by atoms with E-state index in [1.807, 2.05) is 19.1 Å². The van der Waals surface area contributed by atoms with Gasteiger partial charge >= 0.3 is 7.60 Å². The van der Waals surface area contributed by atoms with E-state index in [0.29, 0.717) is 11.3 Å². The Morgan fingerprint density at radius 1 is 1.17 bits per heavy atom. The highest BCUT2D eigenvalue weighted by Crippen LogP contribution is 2.74. The summed E-state index contributed by atoms with van der Waals surface area (Å²) in [6.07, 6.45) is 1.86. The minimum atomic E-state index is -3.65. The maximum absolute atomic E-state index is 13.3. The zero-order valence-electron chi connectivity index (χ0n) is 13.8. The van der Waals surface area contributed by atoms with Gasteiger partial charge in [-0.1, -0.05) is 17.7 Å². The molecule has 5 nitrogen and oxygen atoms in total. The molecule has 1 aromatic rings. The molecule has 0 aromatic heterocycles. The topological polar surface area (TPSA) is 69.7 Å². The molecule has 0 spiro atoms. The third-order valence-corrected chi connectivity index (χ3v) is 11.1. The van der Waals surface area contributed by atoms with Crippen LogP contribution in [0.5, 0.6) is 0 Å². The molecule has 0 amide bonds. The molecule has 0 heterocycles. The normalized spacial score (nSPS) is 26.7. The van der Waals surface area contributed by atoms with Crippen molar-refractivity contribution in [3.05, 3.63) is 29.8 Å². The Labute approximate surface area is 142 Å². The molecule has 1 aromatic carbocycles. The van der Waals surface area contributed by atoms with Gasteiger partial charge in [0.2, 0.25) is 0 Å². The highest BCUT2D eigenvalue weighted by atomic mass is 32.2. The fraction of sp³-hybridized carbons (Fsp3) is 0.600. The Bertz CT molecular complexity index is 650. The van der Waals surface area contributed by atoms with Gasteiger partial charge in [-0.15, -0.1) is 0 Å². The standard InChI is InChI=1S/C15H23O5PS2/c1-5-19-21(16,20-6-2)15(11-14(15)22(4)17)23(18)13-9-7-12(3)8-10-13/h7-10,14H,5-6,11H2,1-4H3/t14-,15-,22?,23?/m1/s1. The van der Waals surface area contributed by atoms with Gasteiger partial charge in [-0.3, -0.25) is 13.0 Å². The summed E-state index contributed by atoms with van der Waals surface area (Å²) in [5, 5.41) is -0.450. The average molecular weight is 378 g/mol. The molecule has 0 saturated heterocycles. The maximum atomic E-state index is 13.3. The van der Waals surface area contributed by atoms with Gasteiger partial charge in [-0.2, -0.15) is 0 Å². The Balaban J connectivity index is 2.48. The van der Waals surface area contributed by atoms with Crippen molar-refractivity contribution in [3.63, 3.8) is 0 Å². The van der Waals surface area contributed by atoms with E-state index in [2.05, 4.69) is 0 Å². The lowest BCUT2D eigenvalue weighted by atomic mass is 10.2. The second kappa shape index (κ2) is 7.28. The minimum absolute atomic E-state index is 0.188. The fourth-order valence-corrected chi connectivity index (χ4v) is 10.1. The van der Waals surface area contributed by atoms with Gasteiger partial charge in [0, 0.05) is 22.0 Å². The van der Waals surface area contributed by atoms with Gasteiger partial charge in [0.15, 0.2) is 4.49 Å². The number of rotatable bonds is 8. The van der Waals surface area contributed by atoms with Crippen molar-refractivity contribution in [2.75, 3.05) is 19.5 Å². The molecule has 0 bridgehead atoms. The first kappa shape index (κ1) is 19.0. The molecular formula is C15H23O5PS2. The van der Waals surface area contributed by atoms with Crippen LogP contribution in [0.3, 0.4) is 0 Å². The molecule has 1 saturated carbocycles. The molecule has 0 aliphatic heterocycles. The van der Waals surface area contributed by atoms with E-state index in [-0.39, 0.29) is 13.2 Å². The molecule has 2 unspecified atom stereocenters. The fourth-order valence-electron chi connectivity index (χ4n) is 2.63. The molecule has 1 aliphatic rings. The molecular weight excluding hydrogens is 355 g/mol. The Kier molecular flexibility index (Phi) is 6.01. The van der Waals surface area contributed by atoms with E-state index >= 15 is 0 Å². The van der Waals surface area contributed by atoms with E-state index in [0.717, 1.165) is 5.56 Å². The van der Waals surface area contributed by atoms with E-state index in [9.17, 15) is 13.0 Å². The summed E-state index contributed by atoms with van der Waals surface area (Å²) < 4.78 is 48.2. The highest BCUT2D eigenvalue weighted by molar-refractivity contribution is 7.98. The monoisotopic (exact) mass is 378 g/mol. The summed E-state index contributed by atoms with van der Waals surface area (Å²) in [4.78, 5) is 0.559. The van der Waals surface area contributed by atoms with Gasteiger partial charge in [0.1, 0.15) is 0 Å². The second-order valence-corrected chi connectivity index (χ2v) is 11.4. The predicted molar refractivity (Wildman–Crippen MR) is 93.6 cm³/mol. The first-order chi connectivity index (χ1) is 10.8. The van der Waals surface area contributed by atoms with Crippen LogP contribution in [-0.4, -0.2) is 37.6 Å². The predicted octanol–water partition coefficient (Wildman–Crippen LogP) is 3.22. The van der Waals surface area contributed by atoms with Crippen molar-refractivity contribution in [3.8, 4) is 0 Å². The van der Waals surface area contributed by atoms with Gasteiger partial charge < -0.3 is 9.05 Å². The lowest BCUT2D eigenvalue weighted by Crippen LogP contribution is -2.26. The molecule has 0 N–H and O–H groups in total. The number of benzene rings is 1. The largest absolute Gasteiger partial charge is 0.350 e. The van der Waals surface area contributed by atoms with Gasteiger partial charge in [0.05, 0.1) is 29.3 Å². The van der Waals surface area contributed by atoms with Crippen LogP contribution in [0, 0.1) is 6.92 Å². The van der Waals surface area contributed by atoms with Crippen molar-refractivity contribution >= 4 is 29.2 Å². The molecule has 4 atom stereocenters. The summed E-state index contributed by atoms with van der Waals surface area (Å²) in [7, 11) is -6.52. The van der Waals surface area contributed by atoms with Crippen LogP contribution >= 0.6 is 7.60 Å². The van der Waals surface area contributed by atoms with Crippen molar-refractivity contribution in [2.45, 2.75) is 41.8 Å². The summed E-state index contributed by atoms with van der Waals surface area (Å²) in [6, 6.07) is 7.22. The summed E-state index contributed by atoms with van der Waals surface area (Å²) in [6.45, 7) is 5.75. The average Bonchev–Trinajstić information content (AvgIpc) is 3.25. The highest BCUT2D eigenvalue weighted by Gasteiger charge is 2.74. The van der Waals surface area contributed by atoms with Crippen molar-refractivity contribution < 1.29 is 22.0 Å². The van der Waals surface area contributed by atoms with E-state index < -0.39 is 38.9 Å². The van der Waals surface area contributed by atoms with Gasteiger partial charge in [-0.25, -0.2) is 0 Å². The van der Waals surface area contributed by atoms with Crippen LogP contribution in [0.4, 0.5) is 0 Å². The molecule has 1 aliphatic carbocycles. The van der Waals surface area contributed by atoms with Crippen LogP contribution in [0.2, 0.25) is 0 Å². The van der Waals surface area contributed by atoms with Crippen molar-refractivity contribution in [1.29, 1.82) is 0 Å². The van der Waals surface area contributed by atoms with Crippen LogP contribution in [0.1, 0.15) is 25.8 Å². The first-order valence-corrected chi connectivity index (χ1v) is 11.8. The van der Waals surface area contributed by atoms with Crippen molar-refractivity contribution in [1.82, 2.24) is 0 Å². The summed E-state index contributed by atoms with van der Waals surface area (Å²) in [5.41, 5.74) is 1.05. The first-order valence-electron chi connectivity index (χ1n) is 7.52. The SMILES string of the molecule is CCOP(=O)(OCC)[C@@]1(S(=O)c2ccc(C)cc2)C[C@H]1S(C)=O. The molecule has 2 rings (SSSR count). The van der Waals surface area contributed by atoms with Gasteiger partial charge in [-0.05, 0) is 39.3 Å². The van der Waals surface area contributed by atoms with Crippen LogP contribution in [0.15, 0.2) is 29.2 Å². The quantitative estimate of drug-likeness (QED) is 0.650. The van der Waals surface area contributed by atoms with E-state index in [4.69, 9.17) is 9.05 Å². The molecule has 23 heavy (non-hydrogen) atoms. The minimum Gasteiger partial charge on any atom is -0.308 e. The summed E-state index contributed by atoms with van der Waals surface area (Å²) >= 11 is 0. The lowest BCUT2D eigenvalue weighted by Gasteiger charge is -2.26. The maximum Gasteiger partial charge on any atom is 0.350 e. The smallest absolute Gasteiger partial charge is 0.308 e. The van der Waals surface area contributed by atoms with E-state index in [1.165, 1.54) is 0 Å². The Morgan fingerprint density at radius 2 is 1.70 bits per heavy atom. The molecule has 0 radical (unpaired) electrons. The number of aryl methyl sites for hydroxylation is 1. The van der Waals surface area contributed by atoms with Crippen LogP contribution in [0.25, 0.3) is 0 Å². The second-order valence-electron chi connectivity index (χ2n) is 5.45. The van der Waals surface area contributed by atoms with Gasteiger partial charge in [0.25, 0.3) is 0 Å². The number of hydrogen-bond donors (Lipinski definition) is 0. The Hall–Kier alpha value is -0.330. The molecule has 130 valence electrons. The summed E-state index contributed by atoms with van der Waals surface area (Å²) in [5.74, 6) is 0. The zero-order chi connectivity index (χ0) is 17.3.